The third-order valence-electron chi connectivity index (χ3n) is 3.10. The topological polar surface area (TPSA) is 75.6 Å². The number of amides is 1. The van der Waals surface area contributed by atoms with Crippen molar-refractivity contribution >= 4 is 11.9 Å². The average molecular weight is 279 g/mol. The van der Waals surface area contributed by atoms with E-state index in [1.54, 1.807) is 19.9 Å². The number of rotatable bonds is 6. The lowest BCUT2D eigenvalue weighted by atomic mass is 10.1. The quantitative estimate of drug-likeness (QED) is 0.834. The summed E-state index contributed by atoms with van der Waals surface area (Å²) in [4.78, 5) is 22.7. The summed E-state index contributed by atoms with van der Waals surface area (Å²) in [6, 6.07) is 4.65. The Bertz CT molecular complexity index is 497. The minimum Gasteiger partial charge on any atom is -0.484 e. The van der Waals surface area contributed by atoms with Crippen LogP contribution in [0.1, 0.15) is 25.0 Å². The molecular formula is C15H21NO4. The summed E-state index contributed by atoms with van der Waals surface area (Å²) in [6.07, 6.45) is 0. The molecule has 0 unspecified atom stereocenters. The molecule has 1 aromatic rings. The van der Waals surface area contributed by atoms with Gasteiger partial charge in [-0.05, 0) is 43.0 Å². The zero-order valence-electron chi connectivity index (χ0n) is 12.3. The van der Waals surface area contributed by atoms with E-state index in [0.717, 1.165) is 11.1 Å². The maximum Gasteiger partial charge on any atom is 0.326 e. The lowest BCUT2D eigenvalue weighted by molar-refractivity contribution is -0.143. The van der Waals surface area contributed by atoms with Crippen LogP contribution < -0.4 is 10.1 Å². The van der Waals surface area contributed by atoms with Crippen molar-refractivity contribution in [2.24, 2.45) is 5.92 Å². The van der Waals surface area contributed by atoms with Crippen molar-refractivity contribution in [2.45, 2.75) is 33.7 Å². The Hall–Kier alpha value is -2.04. The largest absolute Gasteiger partial charge is 0.484 e. The number of nitrogens with one attached hydrogen (secondary N) is 1. The zero-order valence-corrected chi connectivity index (χ0v) is 12.3. The van der Waals surface area contributed by atoms with E-state index in [1.807, 2.05) is 26.0 Å². The van der Waals surface area contributed by atoms with E-state index in [0.29, 0.717) is 5.75 Å². The second kappa shape index (κ2) is 6.93. The molecule has 0 heterocycles. The maximum absolute atomic E-state index is 11.7. The molecule has 1 aromatic carbocycles. The second-order valence-corrected chi connectivity index (χ2v) is 5.16. The number of ether oxygens (including phenoxy) is 1. The van der Waals surface area contributed by atoms with Crippen LogP contribution in [0, 0.1) is 19.8 Å². The number of hydrogen-bond donors (Lipinski definition) is 2. The molecule has 110 valence electrons. The van der Waals surface area contributed by atoms with Gasteiger partial charge in [0.15, 0.2) is 6.61 Å². The molecule has 0 spiro atoms. The van der Waals surface area contributed by atoms with E-state index in [1.165, 1.54) is 0 Å². The smallest absolute Gasteiger partial charge is 0.326 e. The van der Waals surface area contributed by atoms with Crippen molar-refractivity contribution in [1.29, 1.82) is 0 Å². The minimum absolute atomic E-state index is 0.182. The van der Waals surface area contributed by atoms with Crippen LogP contribution in [-0.2, 0) is 9.59 Å². The van der Waals surface area contributed by atoms with Gasteiger partial charge in [0.05, 0.1) is 0 Å². The van der Waals surface area contributed by atoms with Gasteiger partial charge >= 0.3 is 5.97 Å². The molecule has 5 heteroatoms. The third kappa shape index (κ3) is 4.57. The van der Waals surface area contributed by atoms with Crippen molar-refractivity contribution in [3.63, 3.8) is 0 Å². The number of carboxylic acids is 1. The highest BCUT2D eigenvalue weighted by Gasteiger charge is 2.23. The second-order valence-electron chi connectivity index (χ2n) is 5.16. The highest BCUT2D eigenvalue weighted by Crippen LogP contribution is 2.16. The molecule has 0 radical (unpaired) electrons. The Morgan fingerprint density at radius 3 is 2.40 bits per heavy atom. The van der Waals surface area contributed by atoms with Gasteiger partial charge in [0.1, 0.15) is 11.8 Å². The molecule has 2 N–H and O–H groups in total. The summed E-state index contributed by atoms with van der Waals surface area (Å²) in [6.45, 7) is 7.24. The lowest BCUT2D eigenvalue weighted by Crippen LogP contribution is -2.46. The highest BCUT2D eigenvalue weighted by atomic mass is 16.5. The van der Waals surface area contributed by atoms with Crippen molar-refractivity contribution in [2.75, 3.05) is 6.61 Å². The predicted molar refractivity (Wildman–Crippen MR) is 75.8 cm³/mol. The van der Waals surface area contributed by atoms with Gasteiger partial charge in [0, 0.05) is 0 Å². The first-order chi connectivity index (χ1) is 9.31. The molecule has 0 aliphatic heterocycles. The van der Waals surface area contributed by atoms with Crippen LogP contribution in [0.2, 0.25) is 0 Å². The first-order valence-corrected chi connectivity index (χ1v) is 6.53. The molecule has 1 rings (SSSR count). The summed E-state index contributed by atoms with van der Waals surface area (Å²) in [5, 5.41) is 11.4. The number of aryl methyl sites for hydroxylation is 2. The van der Waals surface area contributed by atoms with Crippen LogP contribution in [-0.4, -0.2) is 29.6 Å². The number of carboxylic acid groups (broad SMARTS) is 1. The fraction of sp³-hybridized carbons (Fsp3) is 0.467. The van der Waals surface area contributed by atoms with Crippen LogP contribution in [0.25, 0.3) is 0 Å². The average Bonchev–Trinajstić information content (AvgIpc) is 2.36. The molecule has 0 aromatic heterocycles. The Labute approximate surface area is 118 Å². The molecule has 20 heavy (non-hydrogen) atoms. The molecule has 1 atom stereocenters. The standard InChI is InChI=1S/C15H21NO4/c1-9(2)14(15(18)19)16-13(17)8-20-12-6-5-10(3)11(4)7-12/h5-7,9,14H,8H2,1-4H3,(H,16,17)(H,18,19)/t14-/m0/s1. The van der Waals surface area contributed by atoms with E-state index < -0.39 is 17.9 Å². The van der Waals surface area contributed by atoms with Crippen LogP contribution in [0.15, 0.2) is 18.2 Å². The summed E-state index contributed by atoms with van der Waals surface area (Å²) in [7, 11) is 0. The van der Waals surface area contributed by atoms with E-state index in [4.69, 9.17) is 9.84 Å². The molecule has 0 saturated carbocycles. The molecule has 0 saturated heterocycles. The molecule has 5 nitrogen and oxygen atoms in total. The van der Waals surface area contributed by atoms with E-state index >= 15 is 0 Å². The van der Waals surface area contributed by atoms with Crippen molar-refractivity contribution in [3.8, 4) is 5.75 Å². The molecule has 1 amide bonds. The van der Waals surface area contributed by atoms with Gasteiger partial charge < -0.3 is 15.2 Å². The normalized spacial score (nSPS) is 12.1. The fourth-order valence-electron chi connectivity index (χ4n) is 1.68. The Morgan fingerprint density at radius 2 is 1.90 bits per heavy atom. The van der Waals surface area contributed by atoms with Gasteiger partial charge in [-0.2, -0.15) is 0 Å². The highest BCUT2D eigenvalue weighted by molar-refractivity contribution is 5.84. The molecule has 0 aliphatic carbocycles. The SMILES string of the molecule is Cc1ccc(OCC(=O)N[C@H](C(=O)O)C(C)C)cc1C. The molecule has 0 bridgehead atoms. The van der Waals surface area contributed by atoms with Crippen molar-refractivity contribution in [3.05, 3.63) is 29.3 Å². The van der Waals surface area contributed by atoms with E-state index in [-0.39, 0.29) is 12.5 Å². The summed E-state index contributed by atoms with van der Waals surface area (Å²) in [5.74, 6) is -1.07. The molecule has 0 aliphatic rings. The van der Waals surface area contributed by atoms with Crippen LogP contribution in [0.4, 0.5) is 0 Å². The Morgan fingerprint density at radius 1 is 1.25 bits per heavy atom. The van der Waals surface area contributed by atoms with E-state index in [2.05, 4.69) is 5.32 Å². The zero-order chi connectivity index (χ0) is 15.3. The Balaban J connectivity index is 2.54. The Kier molecular flexibility index (Phi) is 5.55. The number of aliphatic carboxylic acids is 1. The van der Waals surface area contributed by atoms with Gasteiger partial charge in [0.25, 0.3) is 5.91 Å². The summed E-state index contributed by atoms with van der Waals surface area (Å²) in [5.41, 5.74) is 2.22. The molecular weight excluding hydrogens is 258 g/mol. The van der Waals surface area contributed by atoms with Crippen LogP contribution in [0.3, 0.4) is 0 Å². The monoisotopic (exact) mass is 279 g/mol. The van der Waals surface area contributed by atoms with Crippen LogP contribution >= 0.6 is 0 Å². The first-order valence-electron chi connectivity index (χ1n) is 6.53. The van der Waals surface area contributed by atoms with Gasteiger partial charge in [-0.25, -0.2) is 4.79 Å². The first kappa shape index (κ1) is 16.0. The number of hydrogen-bond acceptors (Lipinski definition) is 3. The number of carbonyl (C=O) groups excluding carboxylic acids is 1. The van der Waals surface area contributed by atoms with Gasteiger partial charge in [-0.3, -0.25) is 4.79 Å². The number of carbonyl (C=O) groups is 2. The predicted octanol–water partition coefficient (Wildman–Crippen LogP) is 1.91. The van der Waals surface area contributed by atoms with Gasteiger partial charge in [0.2, 0.25) is 0 Å². The summed E-state index contributed by atoms with van der Waals surface area (Å²) >= 11 is 0. The third-order valence-corrected chi connectivity index (χ3v) is 3.10. The number of benzene rings is 1. The van der Waals surface area contributed by atoms with Crippen LogP contribution in [0.5, 0.6) is 5.75 Å². The van der Waals surface area contributed by atoms with Gasteiger partial charge in [-0.15, -0.1) is 0 Å². The maximum atomic E-state index is 11.7. The lowest BCUT2D eigenvalue weighted by Gasteiger charge is -2.18. The molecule has 0 fully saturated rings. The fourth-order valence-corrected chi connectivity index (χ4v) is 1.68. The van der Waals surface area contributed by atoms with Gasteiger partial charge in [-0.1, -0.05) is 19.9 Å². The minimum atomic E-state index is -1.04. The summed E-state index contributed by atoms with van der Waals surface area (Å²) < 4.78 is 5.36. The van der Waals surface area contributed by atoms with Crippen molar-refractivity contribution < 1.29 is 19.4 Å². The van der Waals surface area contributed by atoms with E-state index in [9.17, 15) is 9.59 Å². The van der Waals surface area contributed by atoms with Crippen molar-refractivity contribution in [1.82, 2.24) is 5.32 Å².